The molecule has 0 saturated heterocycles. The average Bonchev–Trinajstić information content (AvgIpc) is 2.83. The number of hydrogen-bond donors (Lipinski definition) is 1. The highest BCUT2D eigenvalue weighted by atomic mass is 32.2. The first-order valence-electron chi connectivity index (χ1n) is 10.5. The monoisotopic (exact) mass is 460 g/mol. The molecule has 0 aliphatic rings. The maximum Gasteiger partial charge on any atom is 0.267 e. The summed E-state index contributed by atoms with van der Waals surface area (Å²) in [6.07, 6.45) is 1.66. The van der Waals surface area contributed by atoms with Gasteiger partial charge in [-0.05, 0) is 61.4 Å². The molecule has 1 amide bonds. The number of nitrogens with zero attached hydrogens (tertiary/aromatic N) is 3. The molecule has 8 heteroatoms. The standard InChI is InChI=1S/C25H24N4O3S/c1-16-12-13-26-22(14-16)29-24(31)20-6-4-5-7-21(20)28-25(29)33-17(2)23(30)27-15-18-8-10-19(32-3)11-9-18/h4-14,17H,15H2,1-3H3,(H,27,30). The molecule has 0 radical (unpaired) electrons. The first-order valence-corrected chi connectivity index (χ1v) is 11.4. The number of fused-ring (bicyclic) bond motifs is 1. The number of hydrogen-bond acceptors (Lipinski definition) is 6. The van der Waals surface area contributed by atoms with E-state index in [4.69, 9.17) is 9.72 Å². The zero-order chi connectivity index (χ0) is 23.4. The number of rotatable bonds is 7. The fraction of sp³-hybridized carbons (Fsp3) is 0.200. The van der Waals surface area contributed by atoms with Crippen molar-refractivity contribution in [2.75, 3.05) is 7.11 Å². The van der Waals surface area contributed by atoms with Gasteiger partial charge in [0.05, 0.1) is 23.3 Å². The van der Waals surface area contributed by atoms with Gasteiger partial charge in [-0.25, -0.2) is 14.5 Å². The maximum atomic E-state index is 13.3. The number of amides is 1. The van der Waals surface area contributed by atoms with Crippen molar-refractivity contribution in [2.45, 2.75) is 30.8 Å². The van der Waals surface area contributed by atoms with E-state index < -0.39 is 5.25 Å². The number of methoxy groups -OCH3 is 1. The van der Waals surface area contributed by atoms with Crippen LogP contribution in [-0.2, 0) is 11.3 Å². The Morgan fingerprint density at radius 1 is 1.15 bits per heavy atom. The molecule has 0 bridgehead atoms. The zero-order valence-electron chi connectivity index (χ0n) is 18.6. The summed E-state index contributed by atoms with van der Waals surface area (Å²) < 4.78 is 6.64. The molecule has 1 N–H and O–H groups in total. The summed E-state index contributed by atoms with van der Waals surface area (Å²) in [5, 5.41) is 3.39. The van der Waals surface area contributed by atoms with Crippen LogP contribution in [0, 0.1) is 6.92 Å². The maximum absolute atomic E-state index is 13.3. The molecule has 0 aliphatic heterocycles. The van der Waals surface area contributed by atoms with E-state index in [0.717, 1.165) is 16.9 Å². The van der Waals surface area contributed by atoms with Crippen LogP contribution in [0.15, 0.2) is 76.8 Å². The van der Waals surface area contributed by atoms with Gasteiger partial charge in [-0.1, -0.05) is 36.0 Å². The fourth-order valence-corrected chi connectivity index (χ4v) is 4.26. The molecule has 0 spiro atoms. The van der Waals surface area contributed by atoms with Crippen LogP contribution in [0.25, 0.3) is 16.7 Å². The van der Waals surface area contributed by atoms with Gasteiger partial charge in [0.2, 0.25) is 5.91 Å². The van der Waals surface area contributed by atoms with Crippen LogP contribution in [0.1, 0.15) is 18.1 Å². The number of carbonyl (C=O) groups excluding carboxylic acids is 1. The van der Waals surface area contributed by atoms with Gasteiger partial charge in [0, 0.05) is 12.7 Å². The first-order chi connectivity index (χ1) is 16.0. The Morgan fingerprint density at radius 3 is 2.64 bits per heavy atom. The molecular weight excluding hydrogens is 436 g/mol. The summed E-state index contributed by atoms with van der Waals surface area (Å²) in [4.78, 5) is 35.2. The Balaban J connectivity index is 1.60. The molecule has 2 heterocycles. The second kappa shape index (κ2) is 9.87. The van der Waals surface area contributed by atoms with Crippen LogP contribution in [0.4, 0.5) is 0 Å². The molecular formula is C25H24N4O3S. The van der Waals surface area contributed by atoms with Crippen molar-refractivity contribution in [3.63, 3.8) is 0 Å². The van der Waals surface area contributed by atoms with E-state index in [1.807, 2.05) is 55.5 Å². The van der Waals surface area contributed by atoms with Crippen molar-refractivity contribution in [1.29, 1.82) is 0 Å². The lowest BCUT2D eigenvalue weighted by Gasteiger charge is -2.16. The van der Waals surface area contributed by atoms with E-state index in [1.165, 1.54) is 16.3 Å². The predicted octanol–water partition coefficient (Wildman–Crippen LogP) is 3.89. The number of ether oxygens (including phenoxy) is 1. The fourth-order valence-electron chi connectivity index (χ4n) is 3.32. The van der Waals surface area contributed by atoms with Gasteiger partial charge in [-0.3, -0.25) is 9.59 Å². The van der Waals surface area contributed by atoms with E-state index >= 15 is 0 Å². The average molecular weight is 461 g/mol. The lowest BCUT2D eigenvalue weighted by molar-refractivity contribution is -0.120. The van der Waals surface area contributed by atoms with E-state index in [1.54, 1.807) is 32.4 Å². The van der Waals surface area contributed by atoms with Gasteiger partial charge in [0.25, 0.3) is 5.56 Å². The lowest BCUT2D eigenvalue weighted by Crippen LogP contribution is -2.31. The third-order valence-electron chi connectivity index (χ3n) is 5.15. The molecule has 7 nitrogen and oxygen atoms in total. The Labute approximate surface area is 195 Å². The van der Waals surface area contributed by atoms with Crippen molar-refractivity contribution in [1.82, 2.24) is 19.9 Å². The van der Waals surface area contributed by atoms with Crippen LogP contribution in [0.3, 0.4) is 0 Å². The number of aryl methyl sites for hydroxylation is 1. The molecule has 0 fully saturated rings. The molecule has 2 aromatic heterocycles. The van der Waals surface area contributed by atoms with E-state index in [9.17, 15) is 9.59 Å². The van der Waals surface area contributed by atoms with Gasteiger partial charge in [0.1, 0.15) is 11.6 Å². The van der Waals surface area contributed by atoms with Crippen LogP contribution < -0.4 is 15.6 Å². The Morgan fingerprint density at radius 2 is 1.91 bits per heavy atom. The van der Waals surface area contributed by atoms with Crippen molar-refractivity contribution in [2.24, 2.45) is 0 Å². The number of carbonyl (C=O) groups is 1. The van der Waals surface area contributed by atoms with E-state index in [0.29, 0.717) is 28.4 Å². The summed E-state index contributed by atoms with van der Waals surface area (Å²) in [5.74, 6) is 1.09. The summed E-state index contributed by atoms with van der Waals surface area (Å²) in [6.45, 7) is 4.13. The second-order valence-corrected chi connectivity index (χ2v) is 8.88. The minimum atomic E-state index is -0.479. The van der Waals surface area contributed by atoms with Gasteiger partial charge in [0.15, 0.2) is 5.16 Å². The third kappa shape index (κ3) is 5.06. The minimum absolute atomic E-state index is 0.151. The van der Waals surface area contributed by atoms with Crippen LogP contribution in [0.2, 0.25) is 0 Å². The molecule has 2 aromatic carbocycles. The Bertz CT molecular complexity index is 1350. The second-order valence-electron chi connectivity index (χ2n) is 7.57. The van der Waals surface area contributed by atoms with Crippen LogP contribution in [-0.4, -0.2) is 32.8 Å². The van der Waals surface area contributed by atoms with Gasteiger partial charge < -0.3 is 10.1 Å². The van der Waals surface area contributed by atoms with Crippen molar-refractivity contribution in [3.05, 3.63) is 88.3 Å². The van der Waals surface area contributed by atoms with E-state index in [-0.39, 0.29) is 11.5 Å². The molecule has 33 heavy (non-hydrogen) atoms. The summed E-state index contributed by atoms with van der Waals surface area (Å²) in [7, 11) is 1.61. The molecule has 4 aromatic rings. The number of para-hydroxylation sites is 1. The number of pyridine rings is 1. The van der Waals surface area contributed by atoms with Gasteiger partial charge >= 0.3 is 0 Å². The smallest absolute Gasteiger partial charge is 0.267 e. The first kappa shape index (κ1) is 22.5. The van der Waals surface area contributed by atoms with Crippen LogP contribution >= 0.6 is 11.8 Å². The number of nitrogens with one attached hydrogen (secondary N) is 1. The third-order valence-corrected chi connectivity index (χ3v) is 6.20. The highest BCUT2D eigenvalue weighted by Gasteiger charge is 2.20. The van der Waals surface area contributed by atoms with Crippen molar-refractivity contribution >= 4 is 28.6 Å². The number of aromatic nitrogens is 3. The predicted molar refractivity (Wildman–Crippen MR) is 130 cm³/mol. The zero-order valence-corrected chi connectivity index (χ0v) is 19.4. The van der Waals surface area contributed by atoms with Crippen LogP contribution in [0.5, 0.6) is 5.75 Å². The summed E-state index contributed by atoms with van der Waals surface area (Å²) >= 11 is 1.23. The largest absolute Gasteiger partial charge is 0.497 e. The molecule has 0 aliphatic carbocycles. The topological polar surface area (TPSA) is 86.1 Å². The Hall–Kier alpha value is -3.65. The van der Waals surface area contributed by atoms with Gasteiger partial charge in [-0.15, -0.1) is 0 Å². The van der Waals surface area contributed by atoms with Crippen molar-refractivity contribution in [3.8, 4) is 11.6 Å². The van der Waals surface area contributed by atoms with E-state index in [2.05, 4.69) is 10.3 Å². The highest BCUT2D eigenvalue weighted by Crippen LogP contribution is 2.25. The summed E-state index contributed by atoms with van der Waals surface area (Å²) in [6, 6.07) is 18.4. The molecule has 1 unspecified atom stereocenters. The number of thioether (sulfide) groups is 1. The quantitative estimate of drug-likeness (QED) is 0.333. The molecule has 0 saturated carbocycles. The Kier molecular flexibility index (Phi) is 6.74. The minimum Gasteiger partial charge on any atom is -0.497 e. The van der Waals surface area contributed by atoms with Crippen molar-refractivity contribution < 1.29 is 9.53 Å². The molecule has 4 rings (SSSR count). The highest BCUT2D eigenvalue weighted by molar-refractivity contribution is 8.00. The normalized spacial score (nSPS) is 11.8. The van der Waals surface area contributed by atoms with Gasteiger partial charge in [-0.2, -0.15) is 0 Å². The molecule has 1 atom stereocenters. The molecule has 168 valence electrons. The SMILES string of the molecule is COc1ccc(CNC(=O)C(C)Sc2nc3ccccc3c(=O)n2-c2cc(C)ccn2)cc1. The lowest BCUT2D eigenvalue weighted by atomic mass is 10.2. The summed E-state index contributed by atoms with van der Waals surface area (Å²) in [5.41, 5.74) is 2.30. The number of benzene rings is 2.